The highest BCUT2D eigenvalue weighted by molar-refractivity contribution is 5.89. The molecular formula is C12H13NO2. The quantitative estimate of drug-likeness (QED) is 0.815. The van der Waals surface area contributed by atoms with Crippen LogP contribution in [0, 0.1) is 6.92 Å². The van der Waals surface area contributed by atoms with E-state index in [1.165, 1.54) is 0 Å². The molecule has 0 spiro atoms. The molecule has 3 heteroatoms. The maximum atomic E-state index is 9.67. The minimum atomic E-state index is 0.192. The van der Waals surface area contributed by atoms with Gasteiger partial charge in [0, 0.05) is 17.1 Å². The third-order valence-corrected chi connectivity index (χ3v) is 2.21. The molecule has 15 heavy (non-hydrogen) atoms. The van der Waals surface area contributed by atoms with Crippen LogP contribution in [0.4, 0.5) is 0 Å². The summed E-state index contributed by atoms with van der Waals surface area (Å²) in [5.41, 5.74) is 1.44. The summed E-state index contributed by atoms with van der Waals surface area (Å²) in [5, 5.41) is 10.5. The van der Waals surface area contributed by atoms with Gasteiger partial charge in [-0.15, -0.1) is 0 Å². The molecule has 0 atom stereocenters. The van der Waals surface area contributed by atoms with Gasteiger partial charge in [-0.3, -0.25) is 0 Å². The van der Waals surface area contributed by atoms with Crippen LogP contribution in [0.25, 0.3) is 10.9 Å². The van der Waals surface area contributed by atoms with Crippen molar-refractivity contribution in [2.45, 2.75) is 13.8 Å². The molecule has 0 bridgehead atoms. The number of aromatic hydroxyl groups is 1. The van der Waals surface area contributed by atoms with Crippen LogP contribution in [0.5, 0.6) is 11.5 Å². The molecule has 0 saturated heterocycles. The molecule has 0 fully saturated rings. The van der Waals surface area contributed by atoms with Crippen molar-refractivity contribution < 1.29 is 9.84 Å². The molecule has 0 aliphatic rings. The molecule has 1 N–H and O–H groups in total. The number of fused-ring (bicyclic) bond motifs is 1. The van der Waals surface area contributed by atoms with E-state index in [4.69, 9.17) is 4.74 Å². The first-order valence-electron chi connectivity index (χ1n) is 4.94. The van der Waals surface area contributed by atoms with Gasteiger partial charge in [-0.25, -0.2) is 4.98 Å². The summed E-state index contributed by atoms with van der Waals surface area (Å²) in [5.74, 6) is 0.966. The van der Waals surface area contributed by atoms with Crippen molar-refractivity contribution in [1.29, 1.82) is 0 Å². The molecule has 0 unspecified atom stereocenters. The highest BCUT2D eigenvalue weighted by Gasteiger charge is 2.07. The van der Waals surface area contributed by atoms with E-state index < -0.39 is 0 Å². The van der Waals surface area contributed by atoms with E-state index in [0.29, 0.717) is 12.1 Å². The molecule has 1 aromatic carbocycles. The van der Waals surface area contributed by atoms with Crippen molar-refractivity contribution in [3.05, 3.63) is 30.0 Å². The van der Waals surface area contributed by atoms with Gasteiger partial charge in [-0.1, -0.05) is 6.07 Å². The molecule has 3 nitrogen and oxygen atoms in total. The molecule has 0 radical (unpaired) electrons. The lowest BCUT2D eigenvalue weighted by atomic mass is 10.1. The summed E-state index contributed by atoms with van der Waals surface area (Å²) >= 11 is 0. The third kappa shape index (κ3) is 1.73. The first kappa shape index (κ1) is 9.77. The number of ether oxygens (including phenoxy) is 1. The largest absolute Gasteiger partial charge is 0.506 e. The van der Waals surface area contributed by atoms with Gasteiger partial charge in [-0.2, -0.15) is 0 Å². The van der Waals surface area contributed by atoms with E-state index in [-0.39, 0.29) is 5.75 Å². The number of hydrogen-bond acceptors (Lipinski definition) is 3. The van der Waals surface area contributed by atoms with Gasteiger partial charge in [0.05, 0.1) is 6.61 Å². The zero-order valence-electron chi connectivity index (χ0n) is 8.82. The number of aryl methyl sites for hydroxylation is 1. The molecule has 78 valence electrons. The van der Waals surface area contributed by atoms with Gasteiger partial charge in [0.1, 0.15) is 17.0 Å². The van der Waals surface area contributed by atoms with E-state index in [1.54, 1.807) is 12.1 Å². The summed E-state index contributed by atoms with van der Waals surface area (Å²) in [6.45, 7) is 4.42. The summed E-state index contributed by atoms with van der Waals surface area (Å²) < 4.78 is 5.50. The average molecular weight is 203 g/mol. The summed E-state index contributed by atoms with van der Waals surface area (Å²) in [6.07, 6.45) is 0. The van der Waals surface area contributed by atoms with Crippen molar-refractivity contribution in [2.24, 2.45) is 0 Å². The smallest absolute Gasteiger partial charge is 0.141 e. The Labute approximate surface area is 88.3 Å². The first-order valence-corrected chi connectivity index (χ1v) is 4.94. The molecule has 1 aromatic heterocycles. The number of aromatic nitrogens is 1. The maximum absolute atomic E-state index is 9.67. The monoisotopic (exact) mass is 203 g/mol. The second-order valence-corrected chi connectivity index (χ2v) is 3.37. The van der Waals surface area contributed by atoms with Crippen molar-refractivity contribution >= 4 is 10.9 Å². The van der Waals surface area contributed by atoms with Gasteiger partial charge in [0.2, 0.25) is 0 Å². The summed E-state index contributed by atoms with van der Waals surface area (Å²) in [4.78, 5) is 4.29. The Hall–Kier alpha value is -1.77. The predicted molar refractivity (Wildman–Crippen MR) is 59.3 cm³/mol. The van der Waals surface area contributed by atoms with E-state index in [9.17, 15) is 5.11 Å². The van der Waals surface area contributed by atoms with E-state index in [0.717, 1.165) is 16.8 Å². The zero-order chi connectivity index (χ0) is 10.8. The van der Waals surface area contributed by atoms with Crippen LogP contribution >= 0.6 is 0 Å². The zero-order valence-corrected chi connectivity index (χ0v) is 8.82. The molecule has 1 heterocycles. The Morgan fingerprint density at radius 1 is 1.40 bits per heavy atom. The van der Waals surface area contributed by atoms with Crippen molar-refractivity contribution in [1.82, 2.24) is 4.98 Å². The Balaban J connectivity index is 2.74. The third-order valence-electron chi connectivity index (χ3n) is 2.21. The van der Waals surface area contributed by atoms with Gasteiger partial charge >= 0.3 is 0 Å². The standard InChI is InChI=1S/C12H13NO2/c1-3-15-11-7-8(2)13-12-9(11)5-4-6-10(12)14/h4-7,14H,3H2,1-2H3. The Bertz CT molecular complexity index is 494. The second-order valence-electron chi connectivity index (χ2n) is 3.37. The number of rotatable bonds is 2. The van der Waals surface area contributed by atoms with Gasteiger partial charge in [0.15, 0.2) is 0 Å². The molecular weight excluding hydrogens is 190 g/mol. The number of pyridine rings is 1. The first-order chi connectivity index (χ1) is 7.22. The SMILES string of the molecule is CCOc1cc(C)nc2c(O)cccc12. The van der Waals surface area contributed by atoms with Crippen LogP contribution in [0.2, 0.25) is 0 Å². The summed E-state index contributed by atoms with van der Waals surface area (Å²) in [7, 11) is 0. The number of phenols is 1. The molecule has 0 amide bonds. The van der Waals surface area contributed by atoms with Gasteiger partial charge in [-0.05, 0) is 26.0 Å². The highest BCUT2D eigenvalue weighted by Crippen LogP contribution is 2.30. The molecule has 2 rings (SSSR count). The van der Waals surface area contributed by atoms with Crippen molar-refractivity contribution in [2.75, 3.05) is 6.61 Å². The van der Waals surface area contributed by atoms with Gasteiger partial charge < -0.3 is 9.84 Å². The van der Waals surface area contributed by atoms with Crippen LogP contribution < -0.4 is 4.74 Å². The lowest BCUT2D eigenvalue weighted by Crippen LogP contribution is -1.95. The second kappa shape index (κ2) is 3.77. The minimum absolute atomic E-state index is 0.192. The van der Waals surface area contributed by atoms with E-state index >= 15 is 0 Å². The topological polar surface area (TPSA) is 42.4 Å². The van der Waals surface area contributed by atoms with Crippen LogP contribution in [0.15, 0.2) is 24.3 Å². The Morgan fingerprint density at radius 3 is 2.93 bits per heavy atom. The maximum Gasteiger partial charge on any atom is 0.141 e. The van der Waals surface area contributed by atoms with Crippen LogP contribution in [0.1, 0.15) is 12.6 Å². The Morgan fingerprint density at radius 2 is 2.20 bits per heavy atom. The van der Waals surface area contributed by atoms with Crippen LogP contribution in [-0.2, 0) is 0 Å². The van der Waals surface area contributed by atoms with Crippen LogP contribution in [0.3, 0.4) is 0 Å². The van der Waals surface area contributed by atoms with Crippen LogP contribution in [-0.4, -0.2) is 16.7 Å². The predicted octanol–water partition coefficient (Wildman–Crippen LogP) is 2.65. The molecule has 0 aliphatic heterocycles. The summed E-state index contributed by atoms with van der Waals surface area (Å²) in [6, 6.07) is 7.19. The molecule has 2 aromatic rings. The molecule has 0 aliphatic carbocycles. The molecule has 0 saturated carbocycles. The average Bonchev–Trinajstić information content (AvgIpc) is 2.20. The number of hydrogen-bond donors (Lipinski definition) is 1. The highest BCUT2D eigenvalue weighted by atomic mass is 16.5. The fraction of sp³-hybridized carbons (Fsp3) is 0.250. The number of para-hydroxylation sites is 1. The normalized spacial score (nSPS) is 10.5. The fourth-order valence-electron chi connectivity index (χ4n) is 1.60. The number of nitrogens with zero attached hydrogens (tertiary/aromatic N) is 1. The fourth-order valence-corrected chi connectivity index (χ4v) is 1.60. The van der Waals surface area contributed by atoms with Crippen molar-refractivity contribution in [3.8, 4) is 11.5 Å². The lowest BCUT2D eigenvalue weighted by Gasteiger charge is -2.08. The van der Waals surface area contributed by atoms with Crippen molar-refractivity contribution in [3.63, 3.8) is 0 Å². The van der Waals surface area contributed by atoms with E-state index in [1.807, 2.05) is 26.0 Å². The number of benzene rings is 1. The Kier molecular flexibility index (Phi) is 2.46. The van der Waals surface area contributed by atoms with E-state index in [2.05, 4.69) is 4.98 Å². The number of phenolic OH excluding ortho intramolecular Hbond substituents is 1. The minimum Gasteiger partial charge on any atom is -0.506 e. The van der Waals surface area contributed by atoms with Gasteiger partial charge in [0.25, 0.3) is 0 Å². The lowest BCUT2D eigenvalue weighted by molar-refractivity contribution is 0.343.